The first kappa shape index (κ1) is 15.1. The Morgan fingerprint density at radius 1 is 1.19 bits per heavy atom. The SMILES string of the molecule is CCCCN1C=CN(C)C1C.F[B-](F)(F)F. The Morgan fingerprint density at radius 3 is 2.00 bits per heavy atom. The average molecular weight is 241 g/mol. The lowest BCUT2D eigenvalue weighted by Crippen LogP contribution is -2.33. The molecule has 0 saturated heterocycles. The van der Waals surface area contributed by atoms with Crippen LogP contribution in [-0.4, -0.2) is 36.8 Å². The van der Waals surface area contributed by atoms with Gasteiger partial charge in [-0.2, -0.15) is 0 Å². The second-order valence-corrected chi connectivity index (χ2v) is 3.68. The maximum absolute atomic E-state index is 9.75. The molecule has 96 valence electrons. The van der Waals surface area contributed by atoms with Crippen molar-refractivity contribution in [3.63, 3.8) is 0 Å². The highest BCUT2D eigenvalue weighted by Crippen LogP contribution is 2.13. The smallest absolute Gasteiger partial charge is 0.418 e. The summed E-state index contributed by atoms with van der Waals surface area (Å²) in [4.78, 5) is 4.61. The van der Waals surface area contributed by atoms with Crippen LogP contribution >= 0.6 is 0 Å². The van der Waals surface area contributed by atoms with Crippen LogP contribution in [0.25, 0.3) is 0 Å². The van der Waals surface area contributed by atoms with E-state index in [-0.39, 0.29) is 0 Å². The van der Waals surface area contributed by atoms with Crippen LogP contribution in [0.2, 0.25) is 0 Å². The summed E-state index contributed by atoms with van der Waals surface area (Å²) < 4.78 is 39.0. The van der Waals surface area contributed by atoms with Crippen molar-refractivity contribution in [3.8, 4) is 0 Å². The lowest BCUT2D eigenvalue weighted by atomic mass is 10.3. The van der Waals surface area contributed by atoms with Crippen molar-refractivity contribution < 1.29 is 17.3 Å². The van der Waals surface area contributed by atoms with E-state index in [1.165, 1.54) is 19.4 Å². The molecule has 1 aliphatic rings. The second-order valence-electron chi connectivity index (χ2n) is 3.68. The molecule has 0 fully saturated rings. The standard InChI is InChI=1S/C9H18N2.BF4/c1-4-5-6-11-8-7-10(3)9(11)2;2-1(3,4)5/h7-9H,4-6H2,1-3H3;/q;-1. The quantitative estimate of drug-likeness (QED) is 0.553. The molecule has 2 nitrogen and oxygen atoms in total. The summed E-state index contributed by atoms with van der Waals surface area (Å²) in [5.74, 6) is 0. The van der Waals surface area contributed by atoms with Gasteiger partial charge in [0.05, 0.1) is 6.17 Å². The number of nitrogens with zero attached hydrogens (tertiary/aromatic N) is 2. The van der Waals surface area contributed by atoms with E-state index in [1.807, 2.05) is 0 Å². The lowest BCUT2D eigenvalue weighted by Gasteiger charge is -2.26. The summed E-state index contributed by atoms with van der Waals surface area (Å²) in [7, 11) is -3.88. The van der Waals surface area contributed by atoms with E-state index < -0.39 is 7.25 Å². The van der Waals surface area contributed by atoms with Crippen LogP contribution in [-0.2, 0) is 0 Å². The largest absolute Gasteiger partial charge is 0.673 e. The summed E-state index contributed by atoms with van der Waals surface area (Å²) >= 11 is 0. The molecule has 0 amide bonds. The number of rotatable bonds is 3. The van der Waals surface area contributed by atoms with Crippen molar-refractivity contribution in [3.05, 3.63) is 12.4 Å². The minimum Gasteiger partial charge on any atom is -0.418 e. The molecule has 0 radical (unpaired) electrons. The zero-order chi connectivity index (χ0) is 12.8. The summed E-state index contributed by atoms with van der Waals surface area (Å²) in [6, 6.07) is 0. The third-order valence-electron chi connectivity index (χ3n) is 2.33. The first-order valence-corrected chi connectivity index (χ1v) is 5.29. The summed E-state index contributed by atoms with van der Waals surface area (Å²) in [5, 5.41) is 0. The van der Waals surface area contributed by atoms with E-state index >= 15 is 0 Å². The van der Waals surface area contributed by atoms with Crippen molar-refractivity contribution in [2.24, 2.45) is 0 Å². The molecule has 1 atom stereocenters. The number of hydrogen-bond acceptors (Lipinski definition) is 2. The first-order chi connectivity index (χ1) is 7.25. The molecular weight excluding hydrogens is 223 g/mol. The lowest BCUT2D eigenvalue weighted by molar-refractivity contribution is 0.193. The molecule has 0 bridgehead atoms. The van der Waals surface area contributed by atoms with Gasteiger partial charge in [0.2, 0.25) is 0 Å². The highest BCUT2D eigenvalue weighted by Gasteiger charge is 2.20. The number of hydrogen-bond donors (Lipinski definition) is 0. The van der Waals surface area contributed by atoms with E-state index in [4.69, 9.17) is 0 Å². The Balaban J connectivity index is 0.000000385. The molecule has 1 aliphatic heterocycles. The van der Waals surface area contributed by atoms with Crippen LogP contribution in [0.5, 0.6) is 0 Å². The third kappa shape index (κ3) is 7.42. The summed E-state index contributed by atoms with van der Waals surface area (Å²) in [6.07, 6.45) is 7.45. The van der Waals surface area contributed by atoms with Crippen LogP contribution in [0.3, 0.4) is 0 Å². The van der Waals surface area contributed by atoms with Gasteiger partial charge in [-0.1, -0.05) is 13.3 Å². The predicted octanol–water partition coefficient (Wildman–Crippen LogP) is 3.15. The van der Waals surface area contributed by atoms with E-state index in [0.29, 0.717) is 6.17 Å². The fraction of sp³-hybridized carbons (Fsp3) is 0.778. The Kier molecular flexibility index (Phi) is 6.29. The zero-order valence-electron chi connectivity index (χ0n) is 9.84. The second kappa shape index (κ2) is 6.65. The van der Waals surface area contributed by atoms with Gasteiger partial charge >= 0.3 is 7.25 Å². The van der Waals surface area contributed by atoms with Crippen LogP contribution in [0.4, 0.5) is 17.3 Å². The van der Waals surface area contributed by atoms with Gasteiger partial charge in [0.25, 0.3) is 0 Å². The fourth-order valence-electron chi connectivity index (χ4n) is 1.28. The molecule has 0 saturated carbocycles. The molecule has 0 aliphatic carbocycles. The molecule has 1 rings (SSSR count). The van der Waals surface area contributed by atoms with Gasteiger partial charge in [-0.25, -0.2) is 0 Å². The molecule has 0 aromatic heterocycles. The molecule has 0 aromatic carbocycles. The van der Waals surface area contributed by atoms with Crippen molar-refractivity contribution in [1.82, 2.24) is 9.80 Å². The van der Waals surface area contributed by atoms with Crippen molar-refractivity contribution in [2.45, 2.75) is 32.9 Å². The van der Waals surface area contributed by atoms with E-state index in [1.54, 1.807) is 0 Å². The molecule has 0 spiro atoms. The Labute approximate surface area is 94.0 Å². The van der Waals surface area contributed by atoms with Gasteiger partial charge in [0.1, 0.15) is 0 Å². The molecule has 1 unspecified atom stereocenters. The predicted molar refractivity (Wildman–Crippen MR) is 58.2 cm³/mol. The monoisotopic (exact) mass is 241 g/mol. The van der Waals surface area contributed by atoms with E-state index in [9.17, 15) is 17.3 Å². The molecular formula is C9H18BF4N2-. The van der Waals surface area contributed by atoms with Crippen LogP contribution in [0.15, 0.2) is 12.4 Å². The average Bonchev–Trinajstić information content (AvgIpc) is 2.42. The van der Waals surface area contributed by atoms with Crippen molar-refractivity contribution in [1.29, 1.82) is 0 Å². The van der Waals surface area contributed by atoms with Crippen LogP contribution in [0, 0.1) is 0 Å². The molecule has 1 heterocycles. The zero-order valence-corrected chi connectivity index (χ0v) is 9.84. The number of unbranched alkanes of at least 4 members (excludes halogenated alkanes) is 1. The van der Waals surface area contributed by atoms with Crippen LogP contribution in [0.1, 0.15) is 26.7 Å². The van der Waals surface area contributed by atoms with Gasteiger partial charge in [0, 0.05) is 26.0 Å². The van der Waals surface area contributed by atoms with Gasteiger partial charge < -0.3 is 27.1 Å². The van der Waals surface area contributed by atoms with Crippen LogP contribution < -0.4 is 0 Å². The number of halogens is 4. The highest BCUT2D eigenvalue weighted by atomic mass is 19.5. The molecule has 7 heteroatoms. The van der Waals surface area contributed by atoms with Gasteiger partial charge in [0.15, 0.2) is 0 Å². The molecule has 0 aromatic rings. The maximum atomic E-state index is 9.75. The Bertz CT molecular complexity index is 214. The fourth-order valence-corrected chi connectivity index (χ4v) is 1.28. The summed E-state index contributed by atoms with van der Waals surface area (Å²) in [5.41, 5.74) is 0. The van der Waals surface area contributed by atoms with Gasteiger partial charge in [-0.05, 0) is 13.3 Å². The maximum Gasteiger partial charge on any atom is 0.673 e. The molecule has 0 N–H and O–H groups in total. The summed E-state index contributed by atoms with van der Waals surface area (Å²) in [6.45, 7) is 5.66. The van der Waals surface area contributed by atoms with E-state index in [0.717, 1.165) is 0 Å². The minimum absolute atomic E-state index is 0.557. The minimum atomic E-state index is -6.00. The highest BCUT2D eigenvalue weighted by molar-refractivity contribution is 6.50. The van der Waals surface area contributed by atoms with Gasteiger partial charge in [-0.3, -0.25) is 0 Å². The topological polar surface area (TPSA) is 6.48 Å². The Hall–Kier alpha value is -0.875. The van der Waals surface area contributed by atoms with Gasteiger partial charge in [-0.15, -0.1) is 0 Å². The normalized spacial score (nSPS) is 19.8. The Morgan fingerprint density at radius 2 is 1.69 bits per heavy atom. The first-order valence-electron chi connectivity index (χ1n) is 5.29. The third-order valence-corrected chi connectivity index (χ3v) is 2.33. The van der Waals surface area contributed by atoms with E-state index in [2.05, 4.69) is 43.1 Å². The van der Waals surface area contributed by atoms with Crippen molar-refractivity contribution in [2.75, 3.05) is 13.6 Å². The van der Waals surface area contributed by atoms with Crippen molar-refractivity contribution >= 4 is 7.25 Å². The molecule has 16 heavy (non-hydrogen) atoms.